The number of piperidine rings is 1. The first-order chi connectivity index (χ1) is 9.63. The van der Waals surface area contributed by atoms with Gasteiger partial charge in [-0.1, -0.05) is 6.92 Å². The molecule has 0 saturated carbocycles. The molecule has 6 nitrogen and oxygen atoms in total. The summed E-state index contributed by atoms with van der Waals surface area (Å²) in [6, 6.07) is 0.488. The highest BCUT2D eigenvalue weighted by molar-refractivity contribution is 5.57. The Morgan fingerprint density at radius 3 is 2.45 bits per heavy atom. The van der Waals surface area contributed by atoms with Gasteiger partial charge in [-0.05, 0) is 39.7 Å². The van der Waals surface area contributed by atoms with Crippen LogP contribution in [-0.2, 0) is 0 Å². The Bertz CT molecular complexity index is 440. The van der Waals surface area contributed by atoms with E-state index < -0.39 is 0 Å². The van der Waals surface area contributed by atoms with Crippen molar-refractivity contribution in [2.75, 3.05) is 30.4 Å². The third-order valence-electron chi connectivity index (χ3n) is 3.86. The Balaban J connectivity index is 1.99. The van der Waals surface area contributed by atoms with Gasteiger partial charge in [-0.3, -0.25) is 0 Å². The number of aryl methyl sites for hydroxylation is 1. The van der Waals surface area contributed by atoms with Crippen LogP contribution in [0, 0.1) is 13.8 Å². The number of aromatic nitrogens is 2. The molecule has 0 aliphatic carbocycles. The molecule has 2 rings (SSSR count). The van der Waals surface area contributed by atoms with Gasteiger partial charge >= 0.3 is 0 Å². The van der Waals surface area contributed by atoms with E-state index in [1.807, 2.05) is 13.8 Å². The van der Waals surface area contributed by atoms with Gasteiger partial charge in [-0.25, -0.2) is 15.8 Å². The Morgan fingerprint density at radius 1 is 1.20 bits per heavy atom. The van der Waals surface area contributed by atoms with E-state index in [1.54, 1.807) is 0 Å². The molecule has 6 heteroatoms. The number of rotatable bonds is 5. The zero-order chi connectivity index (χ0) is 14.5. The molecule has 0 amide bonds. The normalized spacial score (nSPS) is 17.2. The van der Waals surface area contributed by atoms with E-state index >= 15 is 0 Å². The number of hydrogen-bond acceptors (Lipinski definition) is 6. The van der Waals surface area contributed by atoms with Crippen molar-refractivity contribution >= 4 is 11.6 Å². The van der Waals surface area contributed by atoms with Crippen LogP contribution in [0.1, 0.15) is 37.6 Å². The highest BCUT2D eigenvalue weighted by atomic mass is 15.3. The van der Waals surface area contributed by atoms with E-state index in [-0.39, 0.29) is 0 Å². The van der Waals surface area contributed by atoms with Crippen LogP contribution in [0.3, 0.4) is 0 Å². The second-order valence-electron chi connectivity index (χ2n) is 5.50. The average molecular weight is 278 g/mol. The molecular weight excluding hydrogens is 252 g/mol. The minimum Gasteiger partial charge on any atom is -0.367 e. The molecule has 2 heterocycles. The third kappa shape index (κ3) is 3.58. The Kier molecular flexibility index (Phi) is 5.14. The highest BCUT2D eigenvalue weighted by Crippen LogP contribution is 2.22. The predicted octanol–water partition coefficient (Wildman–Crippen LogP) is 1.67. The van der Waals surface area contributed by atoms with Crippen LogP contribution in [0.4, 0.5) is 11.6 Å². The van der Waals surface area contributed by atoms with Crippen LogP contribution >= 0.6 is 0 Å². The Hall–Kier alpha value is -1.40. The summed E-state index contributed by atoms with van der Waals surface area (Å²) in [6.45, 7) is 9.64. The maximum atomic E-state index is 5.50. The molecule has 0 radical (unpaired) electrons. The van der Waals surface area contributed by atoms with Crippen LogP contribution in [0.2, 0.25) is 0 Å². The van der Waals surface area contributed by atoms with Crippen molar-refractivity contribution in [3.05, 3.63) is 11.4 Å². The molecule has 4 N–H and O–H groups in total. The van der Waals surface area contributed by atoms with E-state index in [0.717, 1.165) is 43.1 Å². The topological polar surface area (TPSA) is 79.1 Å². The predicted molar refractivity (Wildman–Crippen MR) is 82.7 cm³/mol. The lowest BCUT2D eigenvalue weighted by Gasteiger charge is -2.32. The number of nitrogen functional groups attached to an aromatic ring is 1. The number of hydrazine groups is 1. The second-order valence-corrected chi connectivity index (χ2v) is 5.50. The molecule has 1 saturated heterocycles. The van der Waals surface area contributed by atoms with Gasteiger partial charge in [0.15, 0.2) is 0 Å². The summed E-state index contributed by atoms with van der Waals surface area (Å²) in [7, 11) is 0. The SMILES string of the molecule is CCCN1CCC(Nc2nc(C)nc(NN)c2C)CC1. The van der Waals surface area contributed by atoms with Crippen LogP contribution in [0.15, 0.2) is 0 Å². The summed E-state index contributed by atoms with van der Waals surface area (Å²) in [4.78, 5) is 11.3. The van der Waals surface area contributed by atoms with Gasteiger partial charge in [0.25, 0.3) is 0 Å². The molecule has 1 aromatic heterocycles. The number of nitrogens with zero attached hydrogens (tertiary/aromatic N) is 3. The van der Waals surface area contributed by atoms with Gasteiger partial charge in [0, 0.05) is 24.7 Å². The highest BCUT2D eigenvalue weighted by Gasteiger charge is 2.20. The second kappa shape index (κ2) is 6.85. The molecule has 20 heavy (non-hydrogen) atoms. The van der Waals surface area contributed by atoms with Crippen LogP contribution < -0.4 is 16.6 Å². The summed E-state index contributed by atoms with van der Waals surface area (Å²) >= 11 is 0. The number of hydrogen-bond donors (Lipinski definition) is 3. The molecular formula is C14H26N6. The monoisotopic (exact) mass is 278 g/mol. The van der Waals surface area contributed by atoms with E-state index in [1.165, 1.54) is 13.0 Å². The zero-order valence-corrected chi connectivity index (χ0v) is 12.7. The quantitative estimate of drug-likeness (QED) is 0.561. The lowest BCUT2D eigenvalue weighted by Crippen LogP contribution is -2.39. The van der Waals surface area contributed by atoms with E-state index in [9.17, 15) is 0 Å². The standard InChI is InChI=1S/C14H26N6/c1-4-7-20-8-5-12(6-9-20)18-13-10(2)14(19-15)17-11(3)16-13/h12H,4-9,15H2,1-3H3,(H2,16,17,18,19). The van der Waals surface area contributed by atoms with Gasteiger partial charge < -0.3 is 15.6 Å². The maximum absolute atomic E-state index is 5.50. The molecule has 1 aromatic rings. The van der Waals surface area contributed by atoms with Gasteiger partial charge in [-0.2, -0.15) is 0 Å². The summed E-state index contributed by atoms with van der Waals surface area (Å²) < 4.78 is 0. The first kappa shape index (κ1) is 15.0. The zero-order valence-electron chi connectivity index (χ0n) is 12.7. The summed E-state index contributed by atoms with van der Waals surface area (Å²) in [5.74, 6) is 7.83. The molecule has 0 aromatic carbocycles. The molecule has 1 aliphatic heterocycles. The van der Waals surface area contributed by atoms with Crippen LogP contribution in [0.25, 0.3) is 0 Å². The molecule has 0 atom stereocenters. The Morgan fingerprint density at radius 2 is 1.85 bits per heavy atom. The maximum Gasteiger partial charge on any atom is 0.148 e. The van der Waals surface area contributed by atoms with Gasteiger partial charge in [0.1, 0.15) is 17.5 Å². The van der Waals surface area contributed by atoms with Crippen molar-refractivity contribution < 1.29 is 0 Å². The summed E-state index contributed by atoms with van der Waals surface area (Å²) in [5, 5.41) is 3.55. The van der Waals surface area contributed by atoms with Crippen molar-refractivity contribution in [1.29, 1.82) is 0 Å². The molecule has 1 fully saturated rings. The van der Waals surface area contributed by atoms with Crippen molar-refractivity contribution in [2.24, 2.45) is 5.84 Å². The molecule has 112 valence electrons. The summed E-state index contributed by atoms with van der Waals surface area (Å²) in [5.41, 5.74) is 3.62. The average Bonchev–Trinajstić information content (AvgIpc) is 2.45. The lowest BCUT2D eigenvalue weighted by molar-refractivity contribution is 0.219. The summed E-state index contributed by atoms with van der Waals surface area (Å²) in [6.07, 6.45) is 3.55. The van der Waals surface area contributed by atoms with E-state index in [2.05, 4.69) is 32.5 Å². The number of likely N-dealkylation sites (tertiary alicyclic amines) is 1. The fraction of sp³-hybridized carbons (Fsp3) is 0.714. The van der Waals surface area contributed by atoms with Crippen LogP contribution in [-0.4, -0.2) is 40.5 Å². The molecule has 1 aliphatic rings. The number of nitrogens with two attached hydrogens (primary N) is 1. The minimum absolute atomic E-state index is 0.488. The van der Waals surface area contributed by atoms with Gasteiger partial charge in [0.2, 0.25) is 0 Å². The van der Waals surface area contributed by atoms with Crippen molar-refractivity contribution in [3.63, 3.8) is 0 Å². The number of nitrogens with one attached hydrogen (secondary N) is 2. The number of anilines is 2. The molecule has 0 bridgehead atoms. The first-order valence-corrected chi connectivity index (χ1v) is 7.44. The lowest BCUT2D eigenvalue weighted by atomic mass is 10.0. The van der Waals surface area contributed by atoms with Crippen molar-refractivity contribution in [1.82, 2.24) is 14.9 Å². The third-order valence-corrected chi connectivity index (χ3v) is 3.86. The first-order valence-electron chi connectivity index (χ1n) is 7.44. The van der Waals surface area contributed by atoms with Gasteiger partial charge in [0.05, 0.1) is 0 Å². The van der Waals surface area contributed by atoms with Crippen molar-refractivity contribution in [3.8, 4) is 0 Å². The molecule has 0 unspecified atom stereocenters. The van der Waals surface area contributed by atoms with Crippen LogP contribution in [0.5, 0.6) is 0 Å². The fourth-order valence-electron chi connectivity index (χ4n) is 2.72. The molecule has 0 spiro atoms. The van der Waals surface area contributed by atoms with E-state index in [4.69, 9.17) is 5.84 Å². The van der Waals surface area contributed by atoms with E-state index in [0.29, 0.717) is 11.9 Å². The fourth-order valence-corrected chi connectivity index (χ4v) is 2.72. The largest absolute Gasteiger partial charge is 0.367 e. The van der Waals surface area contributed by atoms with Gasteiger partial charge in [-0.15, -0.1) is 0 Å². The Labute approximate surface area is 121 Å². The van der Waals surface area contributed by atoms with Crippen molar-refractivity contribution in [2.45, 2.75) is 46.1 Å². The minimum atomic E-state index is 0.488. The smallest absolute Gasteiger partial charge is 0.148 e.